The number of carbonyl (C=O) groups is 2. The summed E-state index contributed by atoms with van der Waals surface area (Å²) in [6.45, 7) is 5.93. The zero-order chi connectivity index (χ0) is 17.9. The third-order valence-electron chi connectivity index (χ3n) is 3.23. The van der Waals surface area contributed by atoms with Gasteiger partial charge in [-0.2, -0.15) is 0 Å². The van der Waals surface area contributed by atoms with Gasteiger partial charge in [0.15, 0.2) is 18.1 Å². The molecule has 0 spiro atoms. The average Bonchev–Trinajstić information content (AvgIpc) is 2.58. The Kier molecular flexibility index (Phi) is 8.39. The first-order valence-electron chi connectivity index (χ1n) is 8.02. The second-order valence-corrected chi connectivity index (χ2v) is 5.28. The maximum atomic E-state index is 11.9. The molecule has 1 atom stereocenters. The van der Waals surface area contributed by atoms with Crippen LogP contribution >= 0.6 is 0 Å². The molecule has 0 saturated heterocycles. The topological polar surface area (TPSA) is 76.7 Å². The van der Waals surface area contributed by atoms with Crippen molar-refractivity contribution < 1.29 is 19.1 Å². The van der Waals surface area contributed by atoms with Gasteiger partial charge in [0.05, 0.1) is 7.11 Å². The minimum atomic E-state index is -0.605. The van der Waals surface area contributed by atoms with Crippen molar-refractivity contribution in [2.24, 2.45) is 0 Å². The van der Waals surface area contributed by atoms with Gasteiger partial charge in [0.2, 0.25) is 5.91 Å². The van der Waals surface area contributed by atoms with Gasteiger partial charge in [-0.1, -0.05) is 25.1 Å². The number of methoxy groups -OCH3 is 1. The van der Waals surface area contributed by atoms with E-state index < -0.39 is 6.04 Å². The molecule has 1 aromatic carbocycles. The van der Waals surface area contributed by atoms with Crippen LogP contribution in [0.4, 0.5) is 0 Å². The van der Waals surface area contributed by atoms with Crippen LogP contribution in [0.15, 0.2) is 24.3 Å². The van der Waals surface area contributed by atoms with Gasteiger partial charge < -0.3 is 20.1 Å². The normalized spacial score (nSPS) is 11.8. The largest absolute Gasteiger partial charge is 0.493 e. The molecule has 2 N–H and O–H groups in total. The van der Waals surface area contributed by atoms with E-state index in [0.717, 1.165) is 12.0 Å². The molecule has 0 unspecified atom stereocenters. The monoisotopic (exact) mass is 334 g/mol. The minimum Gasteiger partial charge on any atom is -0.493 e. The summed E-state index contributed by atoms with van der Waals surface area (Å²) in [7, 11) is 1.54. The van der Waals surface area contributed by atoms with Crippen molar-refractivity contribution in [3.05, 3.63) is 29.8 Å². The van der Waals surface area contributed by atoms with Crippen LogP contribution in [0, 0.1) is 0 Å². The fourth-order valence-electron chi connectivity index (χ4n) is 1.99. The SMILES string of the molecule is C/C=C/c1ccc(OCC(=O)N[C@@H](C)C(=O)NCCC)c(OC)c1. The number of hydrogen-bond donors (Lipinski definition) is 2. The summed E-state index contributed by atoms with van der Waals surface area (Å²) >= 11 is 0. The number of carbonyl (C=O) groups excluding carboxylic acids is 2. The van der Waals surface area contributed by atoms with Crippen molar-refractivity contribution in [2.75, 3.05) is 20.3 Å². The highest BCUT2D eigenvalue weighted by Gasteiger charge is 2.15. The van der Waals surface area contributed by atoms with Crippen LogP contribution in [0.5, 0.6) is 11.5 Å². The highest BCUT2D eigenvalue weighted by molar-refractivity contribution is 5.87. The van der Waals surface area contributed by atoms with Crippen LogP contribution < -0.4 is 20.1 Å². The number of rotatable bonds is 9. The van der Waals surface area contributed by atoms with Crippen molar-refractivity contribution >= 4 is 17.9 Å². The van der Waals surface area contributed by atoms with E-state index >= 15 is 0 Å². The molecule has 0 aliphatic rings. The molecule has 0 heterocycles. The summed E-state index contributed by atoms with van der Waals surface area (Å²) in [6.07, 6.45) is 4.71. The van der Waals surface area contributed by atoms with Gasteiger partial charge in [0.1, 0.15) is 6.04 Å². The van der Waals surface area contributed by atoms with Crippen molar-refractivity contribution in [3.63, 3.8) is 0 Å². The average molecular weight is 334 g/mol. The lowest BCUT2D eigenvalue weighted by molar-refractivity contribution is -0.129. The molecule has 24 heavy (non-hydrogen) atoms. The zero-order valence-electron chi connectivity index (χ0n) is 14.7. The Morgan fingerprint density at radius 2 is 2.04 bits per heavy atom. The molecule has 0 saturated carbocycles. The third-order valence-corrected chi connectivity index (χ3v) is 3.23. The molecule has 0 aromatic heterocycles. The fourth-order valence-corrected chi connectivity index (χ4v) is 1.99. The summed E-state index contributed by atoms with van der Waals surface area (Å²) in [5.74, 6) is 0.448. The van der Waals surface area contributed by atoms with Crippen molar-refractivity contribution in [3.8, 4) is 11.5 Å². The molecule has 0 radical (unpaired) electrons. The Morgan fingerprint density at radius 3 is 2.67 bits per heavy atom. The summed E-state index contributed by atoms with van der Waals surface area (Å²) in [5.41, 5.74) is 0.979. The standard InChI is InChI=1S/C18H26N2O4/c1-5-7-14-8-9-15(16(11-14)23-4)24-12-17(21)20-13(3)18(22)19-10-6-2/h5,7-9,11,13H,6,10,12H2,1-4H3,(H,19,22)(H,20,21)/b7-5+/t13-/m0/s1. The number of nitrogens with one attached hydrogen (secondary N) is 2. The van der Waals surface area contributed by atoms with E-state index in [1.165, 1.54) is 0 Å². The lowest BCUT2D eigenvalue weighted by atomic mass is 10.2. The van der Waals surface area contributed by atoms with E-state index in [-0.39, 0.29) is 18.4 Å². The van der Waals surface area contributed by atoms with E-state index in [1.807, 2.05) is 38.1 Å². The van der Waals surface area contributed by atoms with E-state index in [4.69, 9.17) is 9.47 Å². The fraction of sp³-hybridized carbons (Fsp3) is 0.444. The molecule has 132 valence electrons. The van der Waals surface area contributed by atoms with Crippen LogP contribution in [-0.4, -0.2) is 38.1 Å². The Balaban J connectivity index is 2.56. The number of allylic oxidation sites excluding steroid dienone is 1. The maximum absolute atomic E-state index is 11.9. The van der Waals surface area contributed by atoms with Gasteiger partial charge in [-0.3, -0.25) is 9.59 Å². The number of amides is 2. The highest BCUT2D eigenvalue weighted by atomic mass is 16.5. The zero-order valence-corrected chi connectivity index (χ0v) is 14.7. The Hall–Kier alpha value is -2.50. The van der Waals surface area contributed by atoms with Crippen molar-refractivity contribution in [1.29, 1.82) is 0 Å². The second-order valence-electron chi connectivity index (χ2n) is 5.28. The molecular formula is C18H26N2O4. The Labute approximate surface area is 143 Å². The van der Waals surface area contributed by atoms with Gasteiger partial charge in [0.25, 0.3) is 5.91 Å². The summed E-state index contributed by atoms with van der Waals surface area (Å²) < 4.78 is 10.8. The molecule has 0 bridgehead atoms. The molecular weight excluding hydrogens is 308 g/mol. The van der Waals surface area contributed by atoms with Gasteiger partial charge in [-0.25, -0.2) is 0 Å². The van der Waals surface area contributed by atoms with Crippen LogP contribution in [-0.2, 0) is 9.59 Å². The molecule has 1 aromatic rings. The van der Waals surface area contributed by atoms with Crippen molar-refractivity contribution in [1.82, 2.24) is 10.6 Å². The Bertz CT molecular complexity index is 584. The summed E-state index contributed by atoms with van der Waals surface area (Å²) in [5, 5.41) is 5.33. The van der Waals surface area contributed by atoms with E-state index in [1.54, 1.807) is 20.1 Å². The Morgan fingerprint density at radius 1 is 1.29 bits per heavy atom. The van der Waals surface area contributed by atoms with Gasteiger partial charge >= 0.3 is 0 Å². The van der Waals surface area contributed by atoms with Crippen LogP contribution in [0.3, 0.4) is 0 Å². The van der Waals surface area contributed by atoms with Gasteiger partial charge in [0, 0.05) is 6.54 Å². The van der Waals surface area contributed by atoms with Crippen LogP contribution in [0.25, 0.3) is 6.08 Å². The maximum Gasteiger partial charge on any atom is 0.258 e. The second kappa shape index (κ2) is 10.3. The summed E-state index contributed by atoms with van der Waals surface area (Å²) in [4.78, 5) is 23.6. The molecule has 6 nitrogen and oxygen atoms in total. The van der Waals surface area contributed by atoms with Crippen molar-refractivity contribution in [2.45, 2.75) is 33.2 Å². The smallest absolute Gasteiger partial charge is 0.258 e. The first kappa shape index (κ1) is 19.5. The van der Waals surface area contributed by atoms with E-state index in [2.05, 4.69) is 10.6 Å². The van der Waals surface area contributed by atoms with E-state index in [0.29, 0.717) is 18.0 Å². The molecule has 0 fully saturated rings. The number of benzene rings is 1. The quantitative estimate of drug-likeness (QED) is 0.725. The highest BCUT2D eigenvalue weighted by Crippen LogP contribution is 2.28. The lowest BCUT2D eigenvalue weighted by Gasteiger charge is -2.15. The molecule has 0 aliphatic carbocycles. The predicted molar refractivity (Wildman–Crippen MR) is 94.1 cm³/mol. The van der Waals surface area contributed by atoms with Gasteiger partial charge in [-0.05, 0) is 38.0 Å². The molecule has 0 aliphatic heterocycles. The lowest BCUT2D eigenvalue weighted by Crippen LogP contribution is -2.46. The van der Waals surface area contributed by atoms with E-state index in [9.17, 15) is 9.59 Å². The minimum absolute atomic E-state index is 0.190. The molecule has 2 amide bonds. The number of ether oxygens (including phenoxy) is 2. The number of hydrogen-bond acceptors (Lipinski definition) is 4. The van der Waals surface area contributed by atoms with Crippen LogP contribution in [0.1, 0.15) is 32.8 Å². The molecule has 6 heteroatoms. The summed E-state index contributed by atoms with van der Waals surface area (Å²) in [6, 6.07) is 4.84. The third kappa shape index (κ3) is 6.32. The van der Waals surface area contributed by atoms with Gasteiger partial charge in [-0.15, -0.1) is 0 Å². The first-order valence-corrected chi connectivity index (χ1v) is 8.02. The predicted octanol–water partition coefficient (Wildman–Crippen LogP) is 2.14. The molecule has 1 rings (SSSR count). The first-order chi connectivity index (χ1) is 11.5. The van der Waals surface area contributed by atoms with Crippen LogP contribution in [0.2, 0.25) is 0 Å².